The van der Waals surface area contributed by atoms with Crippen molar-refractivity contribution in [2.24, 2.45) is 10.1 Å². The number of aryl methyl sites for hydroxylation is 1. The molecule has 2 aliphatic rings. The Morgan fingerprint density at radius 3 is 2.79 bits per heavy atom. The summed E-state index contributed by atoms with van der Waals surface area (Å²) in [5.74, 6) is 1.07. The van der Waals surface area contributed by atoms with Gasteiger partial charge in [-0.2, -0.15) is 15.1 Å². The van der Waals surface area contributed by atoms with Crippen LogP contribution in [0.1, 0.15) is 17.5 Å². The maximum Gasteiger partial charge on any atom is 0.283 e. The summed E-state index contributed by atoms with van der Waals surface area (Å²) >= 11 is 1.26. The van der Waals surface area contributed by atoms with Gasteiger partial charge in [0.1, 0.15) is 16.5 Å². The average molecular weight is 537 g/mol. The van der Waals surface area contributed by atoms with Crippen molar-refractivity contribution in [1.29, 1.82) is 5.41 Å². The van der Waals surface area contributed by atoms with Crippen molar-refractivity contribution in [3.05, 3.63) is 96.0 Å². The minimum absolute atomic E-state index is 0.0000827. The van der Waals surface area contributed by atoms with Gasteiger partial charge in [0.2, 0.25) is 5.17 Å². The molecule has 0 bridgehead atoms. The largest absolute Gasteiger partial charge is 0.497 e. The molecule has 4 aromatic rings. The van der Waals surface area contributed by atoms with Crippen LogP contribution in [-0.4, -0.2) is 50.2 Å². The van der Waals surface area contributed by atoms with E-state index in [9.17, 15) is 4.79 Å². The number of amidine groups is 2. The number of thioether (sulfide) groups is 1. The van der Waals surface area contributed by atoms with Gasteiger partial charge >= 0.3 is 0 Å². The first kappa shape index (κ1) is 24.6. The third-order valence-electron chi connectivity index (χ3n) is 6.34. The number of nitrogens with one attached hydrogen (secondary N) is 1. The standard InChI is InChI=1S/C29H24N6O3S/c1-37-21-8-4-9-22(16-21)38-14-6-13-34-18-20(23-10-2-3-11-25(23)34)15-24-26(30)35-29(32-27(24)36)39-28(33-35)19-7-5-12-31-17-19/h2-5,7-12,15-18,30H,6,13-14H2,1H3/b24-15+,30-26?. The molecule has 39 heavy (non-hydrogen) atoms. The highest BCUT2D eigenvalue weighted by atomic mass is 32.2. The van der Waals surface area contributed by atoms with Crippen LogP contribution in [0.5, 0.6) is 11.5 Å². The van der Waals surface area contributed by atoms with Gasteiger partial charge in [-0.1, -0.05) is 24.3 Å². The average Bonchev–Trinajstić information content (AvgIpc) is 3.56. The lowest BCUT2D eigenvalue weighted by Gasteiger charge is -2.20. The molecular weight excluding hydrogens is 512 g/mol. The number of aromatic nitrogens is 2. The minimum atomic E-state index is -0.454. The van der Waals surface area contributed by atoms with Crippen LogP contribution in [-0.2, 0) is 11.3 Å². The Hall–Kier alpha value is -4.70. The third-order valence-corrected chi connectivity index (χ3v) is 7.29. The highest BCUT2D eigenvalue weighted by Gasteiger charge is 2.36. The predicted octanol–water partition coefficient (Wildman–Crippen LogP) is 5.18. The molecule has 1 N–H and O–H groups in total. The number of hydrogen-bond acceptors (Lipinski definition) is 7. The normalized spacial score (nSPS) is 15.9. The van der Waals surface area contributed by atoms with E-state index in [2.05, 4.69) is 19.6 Å². The number of hydrogen-bond donors (Lipinski definition) is 1. The summed E-state index contributed by atoms with van der Waals surface area (Å²) in [6.07, 6.45) is 7.91. The van der Waals surface area contributed by atoms with Crippen molar-refractivity contribution in [2.75, 3.05) is 13.7 Å². The van der Waals surface area contributed by atoms with E-state index >= 15 is 0 Å². The van der Waals surface area contributed by atoms with Gasteiger partial charge in [0.25, 0.3) is 5.91 Å². The summed E-state index contributed by atoms with van der Waals surface area (Å²) in [4.78, 5) is 21.4. The van der Waals surface area contributed by atoms with E-state index in [0.29, 0.717) is 16.8 Å². The summed E-state index contributed by atoms with van der Waals surface area (Å²) in [6, 6.07) is 19.3. The van der Waals surface area contributed by atoms with Gasteiger partial charge in [-0.05, 0) is 54.6 Å². The van der Waals surface area contributed by atoms with Gasteiger partial charge in [-0.3, -0.25) is 15.2 Å². The molecule has 6 rings (SSSR count). The lowest BCUT2D eigenvalue weighted by molar-refractivity contribution is -0.114. The molecular formula is C29H24N6O3S. The van der Waals surface area contributed by atoms with Crippen LogP contribution in [0.25, 0.3) is 17.0 Å². The second kappa shape index (κ2) is 10.6. The van der Waals surface area contributed by atoms with E-state index in [0.717, 1.165) is 46.5 Å². The first-order valence-electron chi connectivity index (χ1n) is 12.4. The van der Waals surface area contributed by atoms with Gasteiger partial charge < -0.3 is 14.0 Å². The fraction of sp³-hybridized carbons (Fsp3) is 0.138. The molecule has 2 aromatic carbocycles. The van der Waals surface area contributed by atoms with E-state index in [1.54, 1.807) is 25.6 Å². The molecule has 0 fully saturated rings. The Morgan fingerprint density at radius 2 is 1.95 bits per heavy atom. The Balaban J connectivity index is 1.22. The van der Waals surface area contributed by atoms with E-state index < -0.39 is 5.91 Å². The summed E-state index contributed by atoms with van der Waals surface area (Å²) in [5.41, 5.74) is 2.89. The number of benzene rings is 2. The molecule has 0 saturated carbocycles. The number of methoxy groups -OCH3 is 1. The second-order valence-electron chi connectivity index (χ2n) is 8.84. The number of amides is 1. The van der Waals surface area contributed by atoms with Crippen LogP contribution in [0.3, 0.4) is 0 Å². The topological polar surface area (TPSA) is 105 Å². The summed E-state index contributed by atoms with van der Waals surface area (Å²) in [6.45, 7) is 1.27. The number of rotatable bonds is 8. The van der Waals surface area contributed by atoms with Gasteiger partial charge in [-0.15, -0.1) is 0 Å². The number of carbonyl (C=O) groups is 1. The van der Waals surface area contributed by atoms with E-state index in [4.69, 9.17) is 14.9 Å². The van der Waals surface area contributed by atoms with Crippen LogP contribution >= 0.6 is 11.8 Å². The van der Waals surface area contributed by atoms with Crippen molar-refractivity contribution in [3.8, 4) is 11.5 Å². The van der Waals surface area contributed by atoms with Crippen molar-refractivity contribution in [2.45, 2.75) is 13.0 Å². The number of hydrazone groups is 1. The highest BCUT2D eigenvalue weighted by molar-refractivity contribution is 8.27. The Bertz CT molecular complexity index is 1670. The molecule has 0 saturated heterocycles. The molecule has 0 atom stereocenters. The van der Waals surface area contributed by atoms with Gasteiger partial charge in [0.05, 0.1) is 19.3 Å². The molecule has 1 amide bonds. The molecule has 0 unspecified atom stereocenters. The number of carbonyl (C=O) groups excluding carboxylic acids is 1. The maximum atomic E-state index is 13.0. The Kier molecular flexibility index (Phi) is 6.68. The van der Waals surface area contributed by atoms with Crippen LogP contribution in [0.4, 0.5) is 0 Å². The fourth-order valence-corrected chi connectivity index (χ4v) is 5.33. The van der Waals surface area contributed by atoms with Crippen LogP contribution < -0.4 is 9.47 Å². The molecule has 9 nitrogen and oxygen atoms in total. The quantitative estimate of drug-likeness (QED) is 0.246. The number of nitrogens with zero attached hydrogens (tertiary/aromatic N) is 5. The number of aliphatic imine (C=N–C) groups is 1. The molecule has 0 spiro atoms. The van der Waals surface area contributed by atoms with Gasteiger partial charge in [0.15, 0.2) is 5.84 Å². The molecule has 0 aliphatic carbocycles. The number of fused-ring (bicyclic) bond motifs is 2. The van der Waals surface area contributed by atoms with E-state index in [-0.39, 0.29) is 11.4 Å². The predicted molar refractivity (Wildman–Crippen MR) is 153 cm³/mol. The number of pyridine rings is 1. The number of para-hydroxylation sites is 1. The van der Waals surface area contributed by atoms with Crippen molar-refractivity contribution < 1.29 is 14.3 Å². The number of ether oxygens (including phenoxy) is 2. The zero-order valence-electron chi connectivity index (χ0n) is 21.1. The van der Waals surface area contributed by atoms with Crippen LogP contribution in [0.15, 0.2) is 94.9 Å². The third kappa shape index (κ3) is 4.94. The first-order valence-corrected chi connectivity index (χ1v) is 13.2. The van der Waals surface area contributed by atoms with Crippen LogP contribution in [0, 0.1) is 5.41 Å². The van der Waals surface area contributed by atoms with Crippen LogP contribution in [0.2, 0.25) is 0 Å². The van der Waals surface area contributed by atoms with E-state index in [1.165, 1.54) is 16.8 Å². The molecule has 0 radical (unpaired) electrons. The molecule has 2 aromatic heterocycles. The molecule has 10 heteroatoms. The van der Waals surface area contributed by atoms with Gasteiger partial charge in [0, 0.05) is 53.2 Å². The first-order chi connectivity index (χ1) is 19.1. The molecule has 4 heterocycles. The summed E-state index contributed by atoms with van der Waals surface area (Å²) in [5, 5.41) is 16.7. The SMILES string of the molecule is COc1cccc(OCCCn2cc(/C=C3\C(=N)N4N=C(c5cccnc5)SC4=NC3=O)c3ccccc32)c1. The van der Waals surface area contributed by atoms with E-state index in [1.807, 2.05) is 66.9 Å². The monoisotopic (exact) mass is 536 g/mol. The Labute approximate surface area is 229 Å². The smallest absolute Gasteiger partial charge is 0.283 e. The van der Waals surface area contributed by atoms with Crippen molar-refractivity contribution in [1.82, 2.24) is 14.6 Å². The molecule has 2 aliphatic heterocycles. The summed E-state index contributed by atoms with van der Waals surface area (Å²) < 4.78 is 13.3. The fourth-order valence-electron chi connectivity index (χ4n) is 4.44. The maximum absolute atomic E-state index is 13.0. The lowest BCUT2D eigenvalue weighted by atomic mass is 10.1. The van der Waals surface area contributed by atoms with Gasteiger partial charge in [-0.25, -0.2) is 0 Å². The zero-order valence-corrected chi connectivity index (χ0v) is 21.9. The van der Waals surface area contributed by atoms with Crippen molar-refractivity contribution >= 4 is 50.7 Å². The highest BCUT2D eigenvalue weighted by Crippen LogP contribution is 2.32. The minimum Gasteiger partial charge on any atom is -0.497 e. The molecule has 194 valence electrons. The second-order valence-corrected chi connectivity index (χ2v) is 9.80. The Morgan fingerprint density at radius 1 is 1.08 bits per heavy atom. The summed E-state index contributed by atoms with van der Waals surface area (Å²) in [7, 11) is 1.63. The van der Waals surface area contributed by atoms with Crippen molar-refractivity contribution in [3.63, 3.8) is 0 Å². The zero-order chi connectivity index (χ0) is 26.8. The lowest BCUT2D eigenvalue weighted by Crippen LogP contribution is -2.35.